The van der Waals surface area contributed by atoms with E-state index in [1.165, 1.54) is 4.68 Å². The highest BCUT2D eigenvalue weighted by Gasteiger charge is 2.30. The van der Waals surface area contributed by atoms with E-state index in [-0.39, 0.29) is 11.6 Å². The molecule has 0 aliphatic heterocycles. The van der Waals surface area contributed by atoms with Crippen molar-refractivity contribution < 1.29 is 18.4 Å². The van der Waals surface area contributed by atoms with Crippen LogP contribution in [0.2, 0.25) is 0 Å². The zero-order chi connectivity index (χ0) is 16.5. The summed E-state index contributed by atoms with van der Waals surface area (Å²) in [5, 5.41) is 2.57. The van der Waals surface area contributed by atoms with E-state index in [1.54, 1.807) is 6.07 Å². The third-order valence-electron chi connectivity index (χ3n) is 3.55. The number of nitrogens with one attached hydrogen (secondary N) is 1. The molecule has 0 bridgehead atoms. The van der Waals surface area contributed by atoms with Gasteiger partial charge in [-0.3, -0.25) is 4.52 Å². The van der Waals surface area contributed by atoms with Crippen LogP contribution >= 0.6 is 0 Å². The van der Waals surface area contributed by atoms with E-state index in [2.05, 4.69) is 10.3 Å². The second kappa shape index (κ2) is 5.69. The maximum atomic E-state index is 12.1. The molecule has 0 unspecified atom stereocenters. The van der Waals surface area contributed by atoms with Crippen LogP contribution in [0.25, 0.3) is 28.4 Å². The molecule has 1 N–H and O–H groups in total. The molecule has 24 heavy (non-hydrogen) atoms. The summed E-state index contributed by atoms with van der Waals surface area (Å²) in [7, 11) is 0. The normalized spacial score (nSPS) is 11.0. The third kappa shape index (κ3) is 2.36. The van der Waals surface area contributed by atoms with Gasteiger partial charge in [0.05, 0.1) is 6.61 Å². The van der Waals surface area contributed by atoms with Crippen molar-refractivity contribution in [3.05, 3.63) is 59.0 Å². The van der Waals surface area contributed by atoms with Gasteiger partial charge in [-0.1, -0.05) is 12.1 Å². The number of benzene rings is 2. The van der Waals surface area contributed by atoms with Gasteiger partial charge in [0.25, 0.3) is 0 Å². The fraction of sp³-hybridized carbons (Fsp3) is 0.118. The van der Waals surface area contributed by atoms with Crippen molar-refractivity contribution >= 4 is 11.1 Å². The molecule has 0 spiro atoms. The van der Waals surface area contributed by atoms with Crippen LogP contribution in [0, 0.1) is 0 Å². The Morgan fingerprint density at radius 1 is 1.17 bits per heavy atom. The molecule has 2 aromatic carbocycles. The first-order valence-electron chi connectivity index (χ1n) is 7.49. The zero-order valence-electron chi connectivity index (χ0n) is 12.9. The van der Waals surface area contributed by atoms with Gasteiger partial charge in [-0.15, -0.1) is 0 Å². The smallest absolute Gasteiger partial charge is 0.440 e. The maximum Gasteiger partial charge on any atom is 0.440 e. The summed E-state index contributed by atoms with van der Waals surface area (Å²) in [6, 6.07) is 14.6. The van der Waals surface area contributed by atoms with Crippen LogP contribution in [0.4, 0.5) is 0 Å². The van der Waals surface area contributed by atoms with Crippen molar-refractivity contribution in [1.82, 2.24) is 10.3 Å². The summed E-state index contributed by atoms with van der Waals surface area (Å²) in [4.78, 5) is 16.5. The standard InChI is InChI=1S/C17H13N3O4/c1-2-22-12-9-7-11(8-10-12)20-15(17(21)24-19-20)16-18-13-5-3-4-6-14(13)23-16/h3-10H,2H2,1H3/p+1. The van der Waals surface area contributed by atoms with Gasteiger partial charge < -0.3 is 9.15 Å². The van der Waals surface area contributed by atoms with Crippen molar-refractivity contribution in [3.8, 4) is 23.0 Å². The molecule has 7 nitrogen and oxygen atoms in total. The van der Waals surface area contributed by atoms with E-state index in [4.69, 9.17) is 13.7 Å². The molecule has 7 heteroatoms. The molecule has 120 valence electrons. The fourth-order valence-corrected chi connectivity index (χ4v) is 2.47. The molecular weight excluding hydrogens is 310 g/mol. The van der Waals surface area contributed by atoms with Gasteiger partial charge in [0.2, 0.25) is 5.69 Å². The number of ether oxygens (including phenoxy) is 1. The number of hydrogen-bond donors (Lipinski definition) is 1. The van der Waals surface area contributed by atoms with Crippen LogP contribution in [0.3, 0.4) is 0 Å². The van der Waals surface area contributed by atoms with Crippen molar-refractivity contribution in [3.63, 3.8) is 0 Å². The molecule has 0 saturated heterocycles. The van der Waals surface area contributed by atoms with E-state index < -0.39 is 5.63 Å². The molecule has 2 aromatic heterocycles. The number of nitrogens with zero attached hydrogens (tertiary/aromatic N) is 2. The average Bonchev–Trinajstić information content (AvgIpc) is 3.18. The molecule has 0 aliphatic carbocycles. The lowest BCUT2D eigenvalue weighted by molar-refractivity contribution is -0.660. The summed E-state index contributed by atoms with van der Waals surface area (Å²) in [6.07, 6.45) is 0. The molecule has 0 saturated carbocycles. The lowest BCUT2D eigenvalue weighted by atomic mass is 10.3. The number of H-pyrrole nitrogens is 1. The topological polar surface area (TPSA) is 85.1 Å². The number of oxazole rings is 1. The molecule has 0 aliphatic rings. The van der Waals surface area contributed by atoms with Gasteiger partial charge in [0.15, 0.2) is 5.58 Å². The minimum Gasteiger partial charge on any atom is -0.494 e. The van der Waals surface area contributed by atoms with Gasteiger partial charge >= 0.3 is 17.2 Å². The second-order valence-corrected chi connectivity index (χ2v) is 5.08. The minimum atomic E-state index is -0.560. The quantitative estimate of drug-likeness (QED) is 0.583. The SMILES string of the molecule is CCOc1ccc(-[n+]2[nH]oc(=O)c2-c2nc3ccccc3o2)cc1. The first kappa shape index (κ1) is 14.3. The largest absolute Gasteiger partial charge is 0.494 e. The summed E-state index contributed by atoms with van der Waals surface area (Å²) >= 11 is 0. The van der Waals surface area contributed by atoms with Crippen molar-refractivity contribution in [2.24, 2.45) is 0 Å². The predicted molar refractivity (Wildman–Crippen MR) is 85.0 cm³/mol. The van der Waals surface area contributed by atoms with E-state index in [1.807, 2.05) is 49.4 Å². The van der Waals surface area contributed by atoms with Crippen molar-refractivity contribution in [1.29, 1.82) is 0 Å². The third-order valence-corrected chi connectivity index (χ3v) is 3.55. The number of hydrogen-bond acceptors (Lipinski definition) is 5. The number of aromatic nitrogens is 3. The summed E-state index contributed by atoms with van der Waals surface area (Å²) in [5.74, 6) is 0.941. The number of aromatic amines is 1. The summed E-state index contributed by atoms with van der Waals surface area (Å²) < 4.78 is 17.5. The highest BCUT2D eigenvalue weighted by molar-refractivity contribution is 5.74. The molecule has 2 heterocycles. The monoisotopic (exact) mass is 324 g/mol. The Balaban J connectivity index is 1.82. The van der Waals surface area contributed by atoms with Gasteiger partial charge in [0, 0.05) is 12.1 Å². The van der Waals surface area contributed by atoms with Gasteiger partial charge in [-0.25, -0.2) is 9.78 Å². The van der Waals surface area contributed by atoms with E-state index in [0.717, 1.165) is 5.75 Å². The van der Waals surface area contributed by atoms with Crippen LogP contribution in [-0.4, -0.2) is 16.9 Å². The van der Waals surface area contributed by atoms with Crippen molar-refractivity contribution in [2.75, 3.05) is 6.61 Å². The Morgan fingerprint density at radius 3 is 2.71 bits per heavy atom. The number of para-hydroxylation sites is 2. The second-order valence-electron chi connectivity index (χ2n) is 5.08. The molecule has 0 atom stereocenters. The van der Waals surface area contributed by atoms with E-state index in [9.17, 15) is 4.79 Å². The molecule has 0 fully saturated rings. The molecule has 0 amide bonds. The van der Waals surface area contributed by atoms with E-state index >= 15 is 0 Å². The first-order valence-corrected chi connectivity index (χ1v) is 7.49. The Bertz CT molecular complexity index is 1010. The highest BCUT2D eigenvalue weighted by atomic mass is 16.5. The average molecular weight is 324 g/mol. The molecule has 4 aromatic rings. The molecule has 0 radical (unpaired) electrons. The zero-order valence-corrected chi connectivity index (χ0v) is 12.9. The van der Waals surface area contributed by atoms with Crippen LogP contribution < -0.4 is 15.0 Å². The Labute approximate surface area is 136 Å². The van der Waals surface area contributed by atoms with Crippen LogP contribution in [-0.2, 0) is 0 Å². The maximum absolute atomic E-state index is 12.1. The predicted octanol–water partition coefficient (Wildman–Crippen LogP) is 2.45. The molecule has 4 rings (SSSR count). The first-order chi connectivity index (χ1) is 11.8. The van der Waals surface area contributed by atoms with E-state index in [0.29, 0.717) is 23.4 Å². The Kier molecular flexibility index (Phi) is 3.38. The van der Waals surface area contributed by atoms with Gasteiger partial charge in [-0.05, 0) is 41.1 Å². The van der Waals surface area contributed by atoms with Gasteiger partial charge in [0.1, 0.15) is 11.3 Å². The van der Waals surface area contributed by atoms with Gasteiger partial charge in [-0.2, -0.15) is 0 Å². The number of rotatable bonds is 4. The Morgan fingerprint density at radius 2 is 1.96 bits per heavy atom. The van der Waals surface area contributed by atoms with Crippen LogP contribution in [0.1, 0.15) is 6.92 Å². The highest BCUT2D eigenvalue weighted by Crippen LogP contribution is 2.21. The van der Waals surface area contributed by atoms with Crippen molar-refractivity contribution in [2.45, 2.75) is 6.92 Å². The summed E-state index contributed by atoms with van der Waals surface area (Å²) in [6.45, 7) is 2.50. The molecular formula is C17H14N3O4+. The summed E-state index contributed by atoms with van der Waals surface area (Å²) in [5.41, 5.74) is 1.60. The Hall–Kier alpha value is -3.35. The van der Waals surface area contributed by atoms with Crippen LogP contribution in [0.15, 0.2) is 62.3 Å². The lowest BCUT2D eigenvalue weighted by Gasteiger charge is -2.00. The lowest BCUT2D eigenvalue weighted by Crippen LogP contribution is -2.36. The minimum absolute atomic E-state index is 0.190. The van der Waals surface area contributed by atoms with Crippen LogP contribution in [0.5, 0.6) is 5.75 Å². The fourth-order valence-electron chi connectivity index (χ4n) is 2.47. The number of fused-ring (bicyclic) bond motifs is 1.